The molecule has 4 N–H and O–H groups in total. The summed E-state index contributed by atoms with van der Waals surface area (Å²) in [7, 11) is 2.50. The van der Waals surface area contributed by atoms with E-state index in [1.807, 2.05) is 72.8 Å². The highest BCUT2D eigenvalue weighted by atomic mass is 33.1. The molecule has 64 heavy (non-hydrogen) atoms. The maximum absolute atomic E-state index is 13.1. The van der Waals surface area contributed by atoms with Crippen molar-refractivity contribution in [1.29, 1.82) is 0 Å². The van der Waals surface area contributed by atoms with E-state index in [9.17, 15) is 29.4 Å². The van der Waals surface area contributed by atoms with E-state index in [1.54, 1.807) is 43.0 Å². The number of nitrogens with zero attached hydrogens (tertiary/aromatic N) is 4. The Morgan fingerprint density at radius 2 is 1.25 bits per heavy atom. The van der Waals surface area contributed by atoms with Crippen LogP contribution in [0.15, 0.2) is 108 Å². The number of esters is 2. The Balaban J connectivity index is 1.05. The molecule has 16 heteroatoms. The first kappa shape index (κ1) is 49.3. The van der Waals surface area contributed by atoms with Crippen LogP contribution in [0.4, 0.5) is 11.4 Å². The minimum atomic E-state index is -0.967. The topological polar surface area (TPSA) is 174 Å². The molecule has 2 amide bonds. The summed E-state index contributed by atoms with van der Waals surface area (Å²) in [5.74, 6) is -1.73. The third-order valence-electron chi connectivity index (χ3n) is 10.2. The van der Waals surface area contributed by atoms with Gasteiger partial charge in [-0.1, -0.05) is 82.8 Å². The molecule has 3 heterocycles. The van der Waals surface area contributed by atoms with Crippen LogP contribution in [-0.4, -0.2) is 122 Å². The lowest BCUT2D eigenvalue weighted by molar-refractivity contribution is -0.684. The fraction of sp³-hybridized carbons (Fsp3) is 0.375. The number of benzene rings is 2. The van der Waals surface area contributed by atoms with Gasteiger partial charge in [-0.25, -0.2) is 9.59 Å². The summed E-state index contributed by atoms with van der Waals surface area (Å²) < 4.78 is 12.1. The summed E-state index contributed by atoms with van der Waals surface area (Å²) in [6.45, 7) is 10.2. The molecule has 3 aromatic rings. The molecule has 2 fully saturated rings. The Labute approximate surface area is 383 Å². The van der Waals surface area contributed by atoms with E-state index in [4.69, 9.17) is 9.47 Å². The fourth-order valence-electron chi connectivity index (χ4n) is 6.78. The molecule has 0 saturated carbocycles. The van der Waals surface area contributed by atoms with Crippen molar-refractivity contribution in [2.24, 2.45) is 4.99 Å². The number of aliphatic hydroxyl groups excluding tert-OH is 2. The monoisotopic (exact) mass is 911 g/mol. The highest BCUT2D eigenvalue weighted by molar-refractivity contribution is 8.76. The van der Waals surface area contributed by atoms with Crippen molar-refractivity contribution in [3.05, 3.63) is 120 Å². The van der Waals surface area contributed by atoms with Crippen LogP contribution in [-0.2, 0) is 35.2 Å². The van der Waals surface area contributed by atoms with Crippen LogP contribution in [0.5, 0.6) is 0 Å². The van der Waals surface area contributed by atoms with Crippen LogP contribution in [0.2, 0.25) is 0 Å². The highest BCUT2D eigenvalue weighted by Crippen LogP contribution is 2.25. The minimum absolute atomic E-state index is 0.0216. The molecule has 4 atom stereocenters. The zero-order valence-electron chi connectivity index (χ0n) is 36.4. The van der Waals surface area contributed by atoms with E-state index in [0.717, 1.165) is 59.6 Å². The zero-order valence-corrected chi connectivity index (χ0v) is 38.1. The number of aliphatic hydroxyl groups is 2. The van der Waals surface area contributed by atoms with Crippen molar-refractivity contribution < 1.29 is 43.4 Å². The highest BCUT2D eigenvalue weighted by Gasteiger charge is 2.26. The summed E-state index contributed by atoms with van der Waals surface area (Å²) >= 11 is 0. The number of allylic oxidation sites excluding steroid dienone is 4. The average Bonchev–Trinajstić information content (AvgIpc) is 3.94. The SMILES string of the molecule is C=CC(/C=C/c1ccc(N2CCC(O)C2)cc1)=C\C=NCC(=O)NC(CSSCC(NC(=O)C[n+]1ccc(/C=C/c2ccc(N3CCC(O)C3)cc2)cc1)C(=O)OCC)C(=O)OCC. The second kappa shape index (κ2) is 26.2. The van der Waals surface area contributed by atoms with Crippen molar-refractivity contribution in [3.8, 4) is 0 Å². The maximum atomic E-state index is 13.1. The molecule has 340 valence electrons. The van der Waals surface area contributed by atoms with Gasteiger partial charge < -0.3 is 40.1 Å². The molecule has 0 spiro atoms. The molecule has 14 nitrogen and oxygen atoms in total. The van der Waals surface area contributed by atoms with Gasteiger partial charge >= 0.3 is 11.9 Å². The fourth-order valence-corrected chi connectivity index (χ4v) is 9.08. The van der Waals surface area contributed by atoms with Gasteiger partial charge in [0.05, 0.1) is 25.4 Å². The van der Waals surface area contributed by atoms with E-state index in [1.165, 1.54) is 27.8 Å². The lowest BCUT2D eigenvalue weighted by Gasteiger charge is -2.18. The molecule has 4 unspecified atom stereocenters. The van der Waals surface area contributed by atoms with Gasteiger partial charge in [-0.3, -0.25) is 14.6 Å². The predicted octanol–water partition coefficient (Wildman–Crippen LogP) is 4.66. The molecule has 0 bridgehead atoms. The number of hydrogen-bond acceptors (Lipinski definition) is 13. The van der Waals surface area contributed by atoms with Crippen LogP contribution in [0.3, 0.4) is 0 Å². The molecular weight excluding hydrogens is 853 g/mol. The van der Waals surface area contributed by atoms with E-state index < -0.39 is 29.9 Å². The summed E-state index contributed by atoms with van der Waals surface area (Å²) in [6, 6.07) is 18.1. The molecular formula is C48H59N6O8S2+. The smallest absolute Gasteiger partial charge is 0.329 e. The van der Waals surface area contributed by atoms with Gasteiger partial charge in [-0.15, -0.1) is 0 Å². The molecule has 0 radical (unpaired) electrons. The quantitative estimate of drug-likeness (QED) is 0.0259. The van der Waals surface area contributed by atoms with E-state index in [2.05, 4.69) is 44.1 Å². The molecule has 2 aromatic carbocycles. The van der Waals surface area contributed by atoms with Crippen LogP contribution in [0, 0.1) is 0 Å². The van der Waals surface area contributed by atoms with Crippen molar-refractivity contribution in [1.82, 2.24) is 10.6 Å². The number of carbonyl (C=O) groups excluding carboxylic acids is 4. The molecule has 2 aliphatic heterocycles. The Morgan fingerprint density at radius 3 is 1.72 bits per heavy atom. The predicted molar refractivity (Wildman–Crippen MR) is 257 cm³/mol. The van der Waals surface area contributed by atoms with Crippen LogP contribution >= 0.6 is 21.6 Å². The van der Waals surface area contributed by atoms with E-state index >= 15 is 0 Å². The van der Waals surface area contributed by atoms with Gasteiger partial charge in [-0.2, -0.15) is 4.57 Å². The Kier molecular flexibility index (Phi) is 20.2. The van der Waals surface area contributed by atoms with Crippen LogP contribution < -0.4 is 25.0 Å². The molecule has 2 aliphatic rings. The first-order chi connectivity index (χ1) is 31.0. The molecule has 1 aromatic heterocycles. The second-order valence-corrected chi connectivity index (χ2v) is 17.7. The number of carbonyl (C=O) groups is 4. The maximum Gasteiger partial charge on any atom is 0.329 e. The second-order valence-electron chi connectivity index (χ2n) is 15.1. The molecule has 0 aliphatic carbocycles. The number of aliphatic imine (C=N–C) groups is 1. The standard InChI is InChI=1S/C48H58N6O8S2/c1-4-35(7-8-36-11-15-39(16-12-36)53-27-22-41(55)30-53)19-24-49-29-45(57)50-43(47(59)61-5-2)33-63-64-34-44(48(60)62-6-3)51-46(58)32-52-25-20-38(21-26-52)10-9-37-13-17-40(18-14-37)54-28-23-42(56)31-54/h4,7-21,24-26,41-44,55-56H,1,5-6,22-23,27-34H2,2-3H3,(H-,50,51,57,58)/p+1/b8-7+,35-19+,49-24?. The van der Waals surface area contributed by atoms with Gasteiger partial charge in [0.1, 0.15) is 18.6 Å². The number of aromatic nitrogens is 1. The van der Waals surface area contributed by atoms with E-state index in [-0.39, 0.29) is 55.9 Å². The summed E-state index contributed by atoms with van der Waals surface area (Å²) in [5.41, 5.74) is 5.93. The van der Waals surface area contributed by atoms with Gasteiger partial charge in [0.2, 0.25) is 12.5 Å². The number of amides is 2. The third kappa shape index (κ3) is 16.5. The number of rotatable bonds is 23. The van der Waals surface area contributed by atoms with Gasteiger partial charge in [0.15, 0.2) is 12.4 Å². The zero-order chi connectivity index (χ0) is 45.7. The van der Waals surface area contributed by atoms with Crippen molar-refractivity contribution in [2.75, 3.05) is 67.2 Å². The Morgan fingerprint density at radius 1 is 0.766 bits per heavy atom. The molecule has 5 rings (SSSR count). The number of anilines is 2. The van der Waals surface area contributed by atoms with Crippen molar-refractivity contribution >= 4 is 81.2 Å². The van der Waals surface area contributed by atoms with Crippen LogP contribution in [0.1, 0.15) is 43.4 Å². The van der Waals surface area contributed by atoms with Gasteiger partial charge in [-0.05, 0) is 79.3 Å². The Bertz CT molecular complexity index is 2130. The lowest BCUT2D eigenvalue weighted by Crippen LogP contribution is -2.49. The number of β-amino-alcohol motifs (C(OH)–C–C–N with tert-alkyl or cyclic N) is 2. The summed E-state index contributed by atoms with van der Waals surface area (Å²) in [4.78, 5) is 60.0. The minimum Gasteiger partial charge on any atom is -0.464 e. The number of pyridine rings is 1. The van der Waals surface area contributed by atoms with Gasteiger partial charge in [0.25, 0.3) is 5.91 Å². The van der Waals surface area contributed by atoms with Crippen LogP contribution in [0.25, 0.3) is 18.2 Å². The first-order valence-electron chi connectivity index (χ1n) is 21.4. The average molecular weight is 912 g/mol. The molecule has 2 saturated heterocycles. The Hall–Kier alpha value is -5.68. The van der Waals surface area contributed by atoms with Crippen molar-refractivity contribution in [2.45, 2.75) is 57.5 Å². The first-order valence-corrected chi connectivity index (χ1v) is 23.9. The normalized spacial score (nSPS) is 17.5. The lowest BCUT2D eigenvalue weighted by atomic mass is 10.1. The number of ether oxygens (including phenoxy) is 2. The number of hydrogen-bond donors (Lipinski definition) is 4. The summed E-state index contributed by atoms with van der Waals surface area (Å²) in [5, 5.41) is 25.1. The summed E-state index contributed by atoms with van der Waals surface area (Å²) in [6.07, 6.45) is 17.3. The largest absolute Gasteiger partial charge is 0.464 e. The third-order valence-corrected chi connectivity index (χ3v) is 12.7. The van der Waals surface area contributed by atoms with Crippen molar-refractivity contribution in [3.63, 3.8) is 0 Å². The number of nitrogens with one attached hydrogen (secondary N) is 2. The van der Waals surface area contributed by atoms with Gasteiger partial charge in [0, 0.05) is 67.4 Å². The van der Waals surface area contributed by atoms with E-state index in [0.29, 0.717) is 13.1 Å².